The predicted molar refractivity (Wildman–Crippen MR) is 58.6 cm³/mol. The van der Waals surface area contributed by atoms with Gasteiger partial charge in [-0.3, -0.25) is 0 Å². The maximum absolute atomic E-state index is 9.53. The molecule has 0 aromatic rings. The first-order valence-electron chi connectivity index (χ1n) is 5.26. The minimum atomic E-state index is -1.51. The van der Waals surface area contributed by atoms with E-state index in [1.165, 1.54) is 0 Å². The van der Waals surface area contributed by atoms with E-state index in [9.17, 15) is 14.7 Å². The Morgan fingerprint density at radius 2 is 1.33 bits per heavy atom. The molecule has 8 nitrogen and oxygen atoms in total. The van der Waals surface area contributed by atoms with Gasteiger partial charge in [-0.05, 0) is 6.08 Å². The molecule has 0 saturated carbocycles. The first kappa shape index (κ1) is 18.9. The first-order chi connectivity index (χ1) is 8.47. The van der Waals surface area contributed by atoms with Gasteiger partial charge in [0.25, 0.3) is 0 Å². The normalized spacial score (nSPS) is 10.2. The smallest absolute Gasteiger partial charge is 0.328 e. The maximum atomic E-state index is 9.53. The summed E-state index contributed by atoms with van der Waals surface area (Å²) in [5, 5.41) is 42.7. The highest BCUT2D eigenvalue weighted by molar-refractivity contribution is 5.88. The molecule has 0 aliphatic carbocycles. The Hall–Kier alpha value is -1.48. The van der Waals surface area contributed by atoms with Gasteiger partial charge < -0.3 is 35.2 Å². The second-order valence-corrected chi connectivity index (χ2v) is 3.16. The van der Waals surface area contributed by atoms with Gasteiger partial charge in [0, 0.05) is 6.08 Å². The van der Waals surface area contributed by atoms with Crippen LogP contribution in [0, 0.1) is 0 Å². The molecule has 0 aromatic carbocycles. The third kappa shape index (κ3) is 16.9. The van der Waals surface area contributed by atoms with Crippen molar-refractivity contribution in [3.8, 4) is 0 Å². The topological polar surface area (TPSA) is 143 Å². The zero-order valence-corrected chi connectivity index (χ0v) is 9.91. The minimum Gasteiger partial charge on any atom is -0.545 e. The molecule has 0 aromatic heterocycles. The van der Waals surface area contributed by atoms with Crippen LogP contribution in [-0.4, -0.2) is 71.8 Å². The lowest BCUT2D eigenvalue weighted by atomic mass is 10.4. The van der Waals surface area contributed by atoms with Crippen molar-refractivity contribution in [2.75, 3.05) is 39.5 Å². The highest BCUT2D eigenvalue weighted by Gasteiger charge is 2.03. The number of hydrogen-bond acceptors (Lipinski definition) is 6. The van der Waals surface area contributed by atoms with Gasteiger partial charge in [0.1, 0.15) is 19.6 Å². The van der Waals surface area contributed by atoms with Gasteiger partial charge in [0.15, 0.2) is 0 Å². The molecule has 0 heterocycles. The molecule has 0 amide bonds. The van der Waals surface area contributed by atoms with Crippen molar-refractivity contribution in [3.63, 3.8) is 0 Å². The average Bonchev–Trinajstić information content (AvgIpc) is 2.28. The number of aliphatic hydroxyl groups is 3. The Bertz CT molecular complexity index is 224. The lowest BCUT2D eigenvalue weighted by Gasteiger charge is -2.15. The fraction of sp³-hybridized carbons (Fsp3) is 0.600. The second-order valence-electron chi connectivity index (χ2n) is 3.16. The van der Waals surface area contributed by atoms with Crippen molar-refractivity contribution in [1.29, 1.82) is 0 Å². The Morgan fingerprint density at radius 1 is 0.944 bits per heavy atom. The summed E-state index contributed by atoms with van der Waals surface area (Å²) in [4.78, 5) is 20.0. The van der Waals surface area contributed by atoms with E-state index in [1.54, 1.807) is 0 Å². The van der Waals surface area contributed by atoms with Gasteiger partial charge in [-0.2, -0.15) is 0 Å². The molecule has 0 atom stereocenters. The van der Waals surface area contributed by atoms with E-state index in [1.807, 2.05) is 0 Å². The lowest BCUT2D eigenvalue weighted by molar-refractivity contribution is -0.901. The number of carboxylic acids is 2. The van der Waals surface area contributed by atoms with Crippen molar-refractivity contribution in [1.82, 2.24) is 0 Å². The van der Waals surface area contributed by atoms with Crippen LogP contribution in [0.3, 0.4) is 0 Å². The zero-order valence-electron chi connectivity index (χ0n) is 9.91. The first-order valence-corrected chi connectivity index (χ1v) is 5.26. The molecule has 0 fully saturated rings. The van der Waals surface area contributed by atoms with E-state index < -0.39 is 11.9 Å². The molecule has 0 spiro atoms. The van der Waals surface area contributed by atoms with E-state index in [4.69, 9.17) is 20.4 Å². The summed E-state index contributed by atoms with van der Waals surface area (Å²) >= 11 is 0. The molecule has 0 bridgehead atoms. The zero-order chi connectivity index (χ0) is 14.4. The van der Waals surface area contributed by atoms with Gasteiger partial charge >= 0.3 is 5.97 Å². The van der Waals surface area contributed by atoms with Crippen molar-refractivity contribution < 1.29 is 40.0 Å². The number of rotatable bonds is 8. The summed E-state index contributed by atoms with van der Waals surface area (Å²) < 4.78 is 0. The molecule has 0 saturated heterocycles. The Morgan fingerprint density at radius 3 is 1.50 bits per heavy atom. The second kappa shape index (κ2) is 13.6. The molecule has 5 N–H and O–H groups in total. The summed E-state index contributed by atoms with van der Waals surface area (Å²) in [6.45, 7) is 2.11. The van der Waals surface area contributed by atoms with E-state index in [2.05, 4.69) is 0 Å². The molecule has 106 valence electrons. The van der Waals surface area contributed by atoms with Crippen LogP contribution in [0.15, 0.2) is 12.2 Å². The Labute approximate surface area is 104 Å². The van der Waals surface area contributed by atoms with Crippen LogP contribution in [0.1, 0.15) is 0 Å². The van der Waals surface area contributed by atoms with Gasteiger partial charge in [0.05, 0.1) is 25.8 Å². The molecule has 0 rings (SSSR count). The van der Waals surface area contributed by atoms with Gasteiger partial charge in [-0.1, -0.05) is 0 Å². The van der Waals surface area contributed by atoms with Crippen molar-refractivity contribution >= 4 is 11.9 Å². The quantitative estimate of drug-likeness (QED) is 0.277. The fourth-order valence-corrected chi connectivity index (χ4v) is 0.989. The van der Waals surface area contributed by atoms with Crippen molar-refractivity contribution in [2.45, 2.75) is 0 Å². The third-order valence-electron chi connectivity index (χ3n) is 1.76. The van der Waals surface area contributed by atoms with Gasteiger partial charge in [0.2, 0.25) is 0 Å². The van der Waals surface area contributed by atoms with Crippen LogP contribution in [0.25, 0.3) is 0 Å². The number of carbonyl (C=O) groups is 2. The third-order valence-corrected chi connectivity index (χ3v) is 1.76. The molecule has 0 unspecified atom stereocenters. The highest BCUT2D eigenvalue weighted by atomic mass is 16.4. The molecule has 0 aliphatic heterocycles. The maximum Gasteiger partial charge on any atom is 0.328 e. The van der Waals surface area contributed by atoms with Crippen LogP contribution in [0.5, 0.6) is 0 Å². The van der Waals surface area contributed by atoms with E-state index in [-0.39, 0.29) is 19.8 Å². The summed E-state index contributed by atoms with van der Waals surface area (Å²) in [7, 11) is 0. The van der Waals surface area contributed by atoms with Crippen molar-refractivity contribution in [2.24, 2.45) is 0 Å². The average molecular weight is 265 g/mol. The van der Waals surface area contributed by atoms with Gasteiger partial charge in [-0.15, -0.1) is 0 Å². The number of aliphatic hydroxyl groups excluding tert-OH is 3. The SMILES string of the molecule is O=C([O-])/C=C\C(=O)O.OCC[NH+](CCO)CCO. The highest BCUT2D eigenvalue weighted by Crippen LogP contribution is 1.67. The summed E-state index contributed by atoms with van der Waals surface area (Å²) in [6, 6.07) is 0. The van der Waals surface area contributed by atoms with Crippen LogP contribution >= 0.6 is 0 Å². The number of carboxylic acid groups (broad SMARTS) is 2. The van der Waals surface area contributed by atoms with Crippen molar-refractivity contribution in [3.05, 3.63) is 12.2 Å². The fourth-order valence-electron chi connectivity index (χ4n) is 0.989. The molecular weight excluding hydrogens is 246 g/mol. The molecule has 8 heteroatoms. The van der Waals surface area contributed by atoms with E-state index in [0.717, 1.165) is 4.90 Å². The molecule has 18 heavy (non-hydrogen) atoms. The number of nitrogens with one attached hydrogen (secondary N) is 1. The lowest BCUT2D eigenvalue weighted by Crippen LogP contribution is -3.13. The summed E-state index contributed by atoms with van der Waals surface area (Å²) in [5.41, 5.74) is 0. The number of hydrogen-bond donors (Lipinski definition) is 5. The van der Waals surface area contributed by atoms with E-state index >= 15 is 0 Å². The van der Waals surface area contributed by atoms with Crippen LogP contribution < -0.4 is 10.0 Å². The minimum absolute atomic E-state index is 0.106. The van der Waals surface area contributed by atoms with Crippen LogP contribution in [0.4, 0.5) is 0 Å². The largest absolute Gasteiger partial charge is 0.545 e. The number of quaternary nitrogens is 1. The monoisotopic (exact) mass is 265 g/mol. The van der Waals surface area contributed by atoms with E-state index in [0.29, 0.717) is 31.8 Å². The number of carbonyl (C=O) groups excluding carboxylic acids is 1. The molecule has 0 radical (unpaired) electrons. The standard InChI is InChI=1S/C6H15NO3.C4H4O4/c8-4-1-7(2-5-9)3-6-10;5-3(6)1-2-4(7)8/h8-10H,1-6H2;1-2H,(H,5,6)(H,7,8)/b;2-1-. The summed E-state index contributed by atoms with van der Waals surface area (Å²) in [5.74, 6) is -2.80. The van der Waals surface area contributed by atoms with Crippen LogP contribution in [-0.2, 0) is 9.59 Å². The Balaban J connectivity index is 0. The predicted octanol–water partition coefficient (Wildman–Crippen LogP) is -4.77. The molecular formula is C10H19NO7. The summed E-state index contributed by atoms with van der Waals surface area (Å²) in [6.07, 6.45) is 0.942. The van der Waals surface area contributed by atoms with Crippen LogP contribution in [0.2, 0.25) is 0 Å². The molecule has 0 aliphatic rings. The number of aliphatic carboxylic acids is 2. The Kier molecular flexibility index (Phi) is 14.2. The van der Waals surface area contributed by atoms with Gasteiger partial charge in [-0.25, -0.2) is 4.79 Å².